The Balaban J connectivity index is 1.81. The number of unbranched alkanes of at least 4 members (excludes halogenated alkanes) is 2. The van der Waals surface area contributed by atoms with E-state index in [0.29, 0.717) is 12.8 Å². The molecule has 1 aromatic rings. The van der Waals surface area contributed by atoms with Crippen LogP contribution in [0.5, 0.6) is 0 Å². The molecule has 0 atom stereocenters. The number of piperazine rings is 1. The zero-order valence-electron chi connectivity index (χ0n) is 17.4. The zero-order chi connectivity index (χ0) is 19.9. The lowest BCUT2D eigenvalue weighted by Gasteiger charge is -2.37. The Morgan fingerprint density at radius 3 is 2.19 bits per heavy atom. The van der Waals surface area contributed by atoms with Crippen molar-refractivity contribution in [2.24, 2.45) is 5.41 Å². The summed E-state index contributed by atoms with van der Waals surface area (Å²) in [5.41, 5.74) is 2.02. The van der Waals surface area contributed by atoms with Crippen molar-refractivity contribution in [1.29, 1.82) is 0 Å². The highest BCUT2D eigenvalue weighted by Crippen LogP contribution is 2.23. The van der Waals surface area contributed by atoms with Crippen molar-refractivity contribution < 1.29 is 9.59 Å². The third-order valence-corrected chi connectivity index (χ3v) is 4.84. The maximum absolute atomic E-state index is 12.4. The molecule has 0 saturated carbocycles. The molecule has 1 N–H and O–H groups in total. The first-order valence-electron chi connectivity index (χ1n) is 10.2. The van der Waals surface area contributed by atoms with Gasteiger partial charge in [-0.25, -0.2) is 0 Å². The van der Waals surface area contributed by atoms with Crippen LogP contribution in [0.3, 0.4) is 0 Å². The second kappa shape index (κ2) is 9.77. The number of hydrogen-bond acceptors (Lipinski definition) is 3. The van der Waals surface area contributed by atoms with Crippen molar-refractivity contribution >= 4 is 23.2 Å². The Kier molecular flexibility index (Phi) is 7.69. The van der Waals surface area contributed by atoms with E-state index in [-0.39, 0.29) is 17.2 Å². The number of carbonyl (C=O) groups excluding carboxylic acids is 2. The van der Waals surface area contributed by atoms with Gasteiger partial charge in [0.1, 0.15) is 0 Å². The minimum absolute atomic E-state index is 0.0328. The zero-order valence-corrected chi connectivity index (χ0v) is 17.4. The molecule has 5 heteroatoms. The number of rotatable bonds is 7. The summed E-state index contributed by atoms with van der Waals surface area (Å²) in [6, 6.07) is 8.02. The Morgan fingerprint density at radius 1 is 1.00 bits per heavy atom. The lowest BCUT2D eigenvalue weighted by atomic mass is 9.91. The van der Waals surface area contributed by atoms with Crippen LogP contribution in [0, 0.1) is 5.41 Å². The fraction of sp³-hybridized carbons (Fsp3) is 0.636. The number of carbonyl (C=O) groups is 2. The second-order valence-electron chi connectivity index (χ2n) is 8.66. The molecule has 5 nitrogen and oxygen atoms in total. The number of benzene rings is 1. The standard InChI is InChI=1S/C22H35N3O2/c1-5-6-7-8-20(26)23-18-9-11-19(12-10-18)24-13-15-25(16-14-24)21(27)17-22(2,3)4/h9-12H,5-8,13-17H2,1-4H3,(H,23,26). The summed E-state index contributed by atoms with van der Waals surface area (Å²) in [7, 11) is 0. The Labute approximate surface area is 164 Å². The molecular weight excluding hydrogens is 338 g/mol. The molecule has 1 aliphatic rings. The van der Waals surface area contributed by atoms with Crippen LogP contribution in [-0.4, -0.2) is 42.9 Å². The third-order valence-electron chi connectivity index (χ3n) is 4.84. The van der Waals surface area contributed by atoms with Crippen LogP contribution in [0.2, 0.25) is 0 Å². The first-order valence-corrected chi connectivity index (χ1v) is 10.2. The van der Waals surface area contributed by atoms with Crippen LogP contribution in [-0.2, 0) is 9.59 Å². The minimum Gasteiger partial charge on any atom is -0.368 e. The first-order chi connectivity index (χ1) is 12.8. The van der Waals surface area contributed by atoms with Crippen molar-refractivity contribution in [2.45, 2.75) is 59.8 Å². The monoisotopic (exact) mass is 373 g/mol. The lowest BCUT2D eigenvalue weighted by molar-refractivity contribution is -0.133. The number of nitrogens with one attached hydrogen (secondary N) is 1. The molecule has 1 saturated heterocycles. The van der Waals surface area contributed by atoms with Gasteiger partial charge in [-0.15, -0.1) is 0 Å². The van der Waals surface area contributed by atoms with E-state index in [1.807, 2.05) is 29.2 Å². The summed E-state index contributed by atoms with van der Waals surface area (Å²) in [6.07, 6.45) is 4.34. The van der Waals surface area contributed by atoms with Crippen molar-refractivity contribution in [3.05, 3.63) is 24.3 Å². The highest BCUT2D eigenvalue weighted by molar-refractivity contribution is 5.90. The molecule has 1 aliphatic heterocycles. The van der Waals surface area contributed by atoms with Gasteiger partial charge in [0.25, 0.3) is 0 Å². The minimum atomic E-state index is 0.0328. The summed E-state index contributed by atoms with van der Waals surface area (Å²) in [6.45, 7) is 11.7. The van der Waals surface area contributed by atoms with Crippen molar-refractivity contribution in [2.75, 3.05) is 36.4 Å². The fourth-order valence-corrected chi connectivity index (χ4v) is 3.29. The smallest absolute Gasteiger partial charge is 0.224 e. The molecule has 27 heavy (non-hydrogen) atoms. The highest BCUT2D eigenvalue weighted by atomic mass is 16.2. The van der Waals surface area contributed by atoms with E-state index >= 15 is 0 Å². The maximum Gasteiger partial charge on any atom is 0.224 e. The fourth-order valence-electron chi connectivity index (χ4n) is 3.29. The quantitative estimate of drug-likeness (QED) is 0.726. The van der Waals surface area contributed by atoms with Crippen LogP contribution in [0.4, 0.5) is 11.4 Å². The molecule has 0 bridgehead atoms. The van der Waals surface area contributed by atoms with Gasteiger partial charge in [-0.1, -0.05) is 40.5 Å². The summed E-state index contributed by atoms with van der Waals surface area (Å²) < 4.78 is 0. The number of anilines is 2. The molecular formula is C22H35N3O2. The normalized spacial score (nSPS) is 15.0. The largest absolute Gasteiger partial charge is 0.368 e. The van der Waals surface area contributed by atoms with Crippen LogP contribution >= 0.6 is 0 Å². The molecule has 1 fully saturated rings. The average Bonchev–Trinajstić information content (AvgIpc) is 2.61. The van der Waals surface area contributed by atoms with Gasteiger partial charge in [-0.3, -0.25) is 9.59 Å². The van der Waals surface area contributed by atoms with Crippen LogP contribution < -0.4 is 10.2 Å². The molecule has 0 radical (unpaired) electrons. The van der Waals surface area contributed by atoms with Crippen LogP contribution in [0.1, 0.15) is 59.8 Å². The van der Waals surface area contributed by atoms with Gasteiger partial charge >= 0.3 is 0 Å². The molecule has 2 amide bonds. The summed E-state index contributed by atoms with van der Waals surface area (Å²) in [4.78, 5) is 28.6. The summed E-state index contributed by atoms with van der Waals surface area (Å²) in [5.74, 6) is 0.338. The van der Waals surface area contributed by atoms with Crippen LogP contribution in [0.15, 0.2) is 24.3 Å². The molecule has 0 unspecified atom stereocenters. The van der Waals surface area contributed by atoms with E-state index in [4.69, 9.17) is 0 Å². The molecule has 1 heterocycles. The van der Waals surface area contributed by atoms with E-state index < -0.39 is 0 Å². The van der Waals surface area contributed by atoms with Gasteiger partial charge in [0.15, 0.2) is 0 Å². The number of amides is 2. The van der Waals surface area contributed by atoms with Gasteiger partial charge in [-0.05, 0) is 36.1 Å². The van der Waals surface area contributed by atoms with Gasteiger partial charge in [0, 0.05) is 50.4 Å². The molecule has 0 aromatic heterocycles. The van der Waals surface area contributed by atoms with Crippen molar-refractivity contribution in [3.63, 3.8) is 0 Å². The van der Waals surface area contributed by atoms with Gasteiger partial charge in [0.2, 0.25) is 11.8 Å². The SMILES string of the molecule is CCCCCC(=O)Nc1ccc(N2CCN(C(=O)CC(C)(C)C)CC2)cc1. The summed E-state index contributed by atoms with van der Waals surface area (Å²) >= 11 is 0. The Morgan fingerprint density at radius 2 is 1.63 bits per heavy atom. The maximum atomic E-state index is 12.4. The molecule has 2 rings (SSSR count). The van der Waals surface area contributed by atoms with E-state index in [2.05, 4.69) is 37.9 Å². The molecule has 0 spiro atoms. The van der Waals surface area contributed by atoms with Gasteiger partial charge in [-0.2, -0.15) is 0 Å². The molecule has 1 aromatic carbocycles. The average molecular weight is 374 g/mol. The van der Waals surface area contributed by atoms with E-state index in [1.165, 1.54) is 0 Å². The third kappa shape index (κ3) is 7.24. The van der Waals surface area contributed by atoms with Crippen LogP contribution in [0.25, 0.3) is 0 Å². The number of nitrogens with zero attached hydrogens (tertiary/aromatic N) is 2. The highest BCUT2D eigenvalue weighted by Gasteiger charge is 2.24. The van der Waals surface area contributed by atoms with E-state index in [0.717, 1.165) is 56.8 Å². The number of hydrogen-bond donors (Lipinski definition) is 1. The lowest BCUT2D eigenvalue weighted by Crippen LogP contribution is -2.49. The second-order valence-corrected chi connectivity index (χ2v) is 8.66. The Bertz CT molecular complexity index is 611. The van der Waals surface area contributed by atoms with Gasteiger partial charge < -0.3 is 15.1 Å². The van der Waals surface area contributed by atoms with E-state index in [9.17, 15) is 9.59 Å². The summed E-state index contributed by atoms with van der Waals surface area (Å²) in [5, 5.41) is 2.96. The predicted molar refractivity (Wildman–Crippen MR) is 112 cm³/mol. The molecule has 0 aliphatic carbocycles. The topological polar surface area (TPSA) is 52.7 Å². The van der Waals surface area contributed by atoms with E-state index in [1.54, 1.807) is 0 Å². The van der Waals surface area contributed by atoms with Crippen molar-refractivity contribution in [1.82, 2.24) is 4.90 Å². The first kappa shape index (κ1) is 21.3. The van der Waals surface area contributed by atoms with Gasteiger partial charge in [0.05, 0.1) is 0 Å². The van der Waals surface area contributed by atoms with Crippen molar-refractivity contribution in [3.8, 4) is 0 Å². The molecule has 150 valence electrons. The Hall–Kier alpha value is -2.04. The predicted octanol–water partition coefficient (Wildman–Crippen LogP) is 4.29.